The molecule has 0 aliphatic carbocycles. The van der Waals surface area contributed by atoms with Crippen LogP contribution in [-0.4, -0.2) is 17.0 Å². The third-order valence-corrected chi connectivity index (χ3v) is 7.59. The van der Waals surface area contributed by atoms with Crippen LogP contribution in [-0.2, 0) is 22.6 Å². The fraction of sp³-hybridized carbons (Fsp3) is 0.333. The van der Waals surface area contributed by atoms with Gasteiger partial charge in [0.2, 0.25) is 6.29 Å². The van der Waals surface area contributed by atoms with Gasteiger partial charge in [-0.05, 0) is 75.3 Å². The Hall–Kier alpha value is -4.42. The third kappa shape index (κ3) is 10.0. The van der Waals surface area contributed by atoms with E-state index >= 15 is 0 Å². The fourth-order valence-electron chi connectivity index (χ4n) is 5.75. The van der Waals surface area contributed by atoms with E-state index in [1.165, 1.54) is 0 Å². The number of hydrogen-bond donors (Lipinski definition) is 2. The maximum absolute atomic E-state index is 14.0. The van der Waals surface area contributed by atoms with Gasteiger partial charge in [0.1, 0.15) is 5.75 Å². The second-order valence-electron chi connectivity index (χ2n) is 12.5. The van der Waals surface area contributed by atoms with Gasteiger partial charge >= 0.3 is 5.97 Å². The summed E-state index contributed by atoms with van der Waals surface area (Å²) >= 11 is 0. The third-order valence-electron chi connectivity index (χ3n) is 7.59. The molecule has 0 saturated carbocycles. The molecule has 0 spiro atoms. The minimum Gasteiger partial charge on any atom is -0.481 e. The van der Waals surface area contributed by atoms with Crippen molar-refractivity contribution < 1.29 is 24.2 Å². The van der Waals surface area contributed by atoms with Crippen LogP contribution in [0.3, 0.4) is 0 Å². The Morgan fingerprint density at radius 3 is 2.00 bits per heavy atom. The van der Waals surface area contributed by atoms with Crippen molar-refractivity contribution in [3.8, 4) is 5.75 Å². The van der Waals surface area contributed by atoms with Crippen molar-refractivity contribution in [2.75, 3.05) is 0 Å². The quantitative estimate of drug-likeness (QED) is 0.140. The molecule has 0 aliphatic rings. The van der Waals surface area contributed by atoms with Gasteiger partial charge in [-0.2, -0.15) is 0 Å². The van der Waals surface area contributed by atoms with Crippen molar-refractivity contribution in [2.45, 2.75) is 79.7 Å². The van der Waals surface area contributed by atoms with Crippen molar-refractivity contribution >= 4 is 11.9 Å². The summed E-state index contributed by atoms with van der Waals surface area (Å²) in [5.74, 6) is -0.379. The van der Waals surface area contributed by atoms with Gasteiger partial charge in [0.15, 0.2) is 0 Å². The van der Waals surface area contributed by atoms with Crippen molar-refractivity contribution in [3.63, 3.8) is 0 Å². The summed E-state index contributed by atoms with van der Waals surface area (Å²) in [4.78, 5) is 25.4. The van der Waals surface area contributed by atoms with Crippen LogP contribution >= 0.6 is 0 Å². The molecule has 4 aromatic carbocycles. The summed E-state index contributed by atoms with van der Waals surface area (Å²) in [6.45, 7) is 12.9. The molecular formula is C39H45NO5. The topological polar surface area (TPSA) is 84.9 Å². The van der Waals surface area contributed by atoms with Gasteiger partial charge in [-0.15, -0.1) is 0 Å². The molecule has 0 heterocycles. The molecule has 4 rings (SSSR count). The van der Waals surface area contributed by atoms with Gasteiger partial charge in [0.25, 0.3) is 5.91 Å². The highest BCUT2D eigenvalue weighted by Crippen LogP contribution is 2.29. The Morgan fingerprint density at radius 2 is 1.40 bits per heavy atom. The number of carbonyl (C=O) groups is 2. The van der Waals surface area contributed by atoms with Crippen molar-refractivity contribution in [2.24, 2.45) is 5.92 Å². The first-order chi connectivity index (χ1) is 21.5. The van der Waals surface area contributed by atoms with E-state index in [1.807, 2.05) is 30.3 Å². The molecule has 2 N–H and O–H groups in total. The zero-order chi connectivity index (χ0) is 32.5. The van der Waals surface area contributed by atoms with Crippen LogP contribution in [0.25, 0.3) is 0 Å². The molecule has 0 radical (unpaired) electrons. The molecule has 0 aromatic heterocycles. The SMILES string of the molecule is Cc1cc(C)cc(COC(Oc2ccc(CCC(=O)O)c(C(=O)NC(CC(C)C)c3cc(C)cc(C)c3)c2)c2ccccc2)c1. The second-order valence-corrected chi connectivity index (χ2v) is 12.5. The van der Waals surface area contributed by atoms with Gasteiger partial charge in [-0.25, -0.2) is 0 Å². The molecule has 0 fully saturated rings. The number of rotatable bonds is 14. The Kier molecular flexibility index (Phi) is 11.6. The fourth-order valence-corrected chi connectivity index (χ4v) is 5.75. The molecule has 4 aromatic rings. The van der Waals surface area contributed by atoms with E-state index in [9.17, 15) is 14.7 Å². The molecule has 45 heavy (non-hydrogen) atoms. The molecule has 0 aliphatic heterocycles. The average molecular weight is 608 g/mol. The molecule has 6 heteroatoms. The highest BCUT2D eigenvalue weighted by Gasteiger charge is 2.22. The molecule has 2 unspecified atom stereocenters. The van der Waals surface area contributed by atoms with Gasteiger partial charge < -0.3 is 19.9 Å². The number of ether oxygens (including phenoxy) is 2. The van der Waals surface area contributed by atoms with E-state index in [0.29, 0.717) is 29.4 Å². The van der Waals surface area contributed by atoms with E-state index in [2.05, 4.69) is 83.3 Å². The largest absolute Gasteiger partial charge is 0.481 e. The first-order valence-electron chi connectivity index (χ1n) is 15.6. The molecule has 0 saturated heterocycles. The molecule has 236 valence electrons. The second kappa shape index (κ2) is 15.5. The summed E-state index contributed by atoms with van der Waals surface area (Å²) in [5.41, 5.74) is 8.59. The number of carbonyl (C=O) groups excluding carboxylic acids is 1. The zero-order valence-electron chi connectivity index (χ0n) is 27.2. The smallest absolute Gasteiger partial charge is 0.303 e. The lowest BCUT2D eigenvalue weighted by Gasteiger charge is -2.24. The molecule has 0 bridgehead atoms. The summed E-state index contributed by atoms with van der Waals surface area (Å²) < 4.78 is 12.7. The molecule has 2 atom stereocenters. The number of amides is 1. The number of carboxylic acids is 1. The van der Waals surface area contributed by atoms with Crippen LogP contribution in [0.4, 0.5) is 0 Å². The van der Waals surface area contributed by atoms with Crippen molar-refractivity contribution in [3.05, 3.63) is 135 Å². The monoisotopic (exact) mass is 607 g/mol. The standard InChI is InChI=1S/C39H45NO5/c1-25(2)16-36(33-21-28(5)18-29(6)22-33)40-38(43)35-23-34(14-12-31(35)13-15-37(41)42)45-39(32-10-8-7-9-11-32)44-24-30-19-26(3)17-27(4)20-30/h7-12,14,17-23,25,36,39H,13,15-16,24H2,1-6H3,(H,40,43)(H,41,42). The van der Waals surface area contributed by atoms with Crippen LogP contribution in [0.1, 0.15) is 93.9 Å². The Balaban J connectivity index is 1.65. The summed E-state index contributed by atoms with van der Waals surface area (Å²) in [7, 11) is 0. The van der Waals surface area contributed by atoms with Crippen LogP contribution in [0.15, 0.2) is 84.9 Å². The lowest BCUT2D eigenvalue weighted by Crippen LogP contribution is -2.30. The van der Waals surface area contributed by atoms with Crippen LogP contribution < -0.4 is 10.1 Å². The van der Waals surface area contributed by atoms with Crippen LogP contribution in [0, 0.1) is 33.6 Å². The van der Waals surface area contributed by atoms with Gasteiger partial charge in [0, 0.05) is 17.5 Å². The van der Waals surface area contributed by atoms with Crippen LogP contribution in [0.2, 0.25) is 0 Å². The minimum atomic E-state index is -0.918. The Morgan fingerprint density at radius 1 is 0.778 bits per heavy atom. The number of aliphatic carboxylic acids is 1. The molecular weight excluding hydrogens is 562 g/mol. The summed E-state index contributed by atoms with van der Waals surface area (Å²) in [6.07, 6.45) is 0.176. The highest BCUT2D eigenvalue weighted by molar-refractivity contribution is 5.96. The lowest BCUT2D eigenvalue weighted by atomic mass is 9.93. The zero-order valence-corrected chi connectivity index (χ0v) is 27.2. The molecule has 6 nitrogen and oxygen atoms in total. The normalized spacial score (nSPS) is 12.5. The molecule has 1 amide bonds. The number of nitrogens with one attached hydrogen (secondary N) is 1. The first-order valence-corrected chi connectivity index (χ1v) is 15.6. The number of aryl methyl sites for hydroxylation is 5. The lowest BCUT2D eigenvalue weighted by molar-refractivity contribution is -0.136. The van der Waals surface area contributed by atoms with Crippen molar-refractivity contribution in [1.82, 2.24) is 5.32 Å². The van der Waals surface area contributed by atoms with Gasteiger partial charge in [0.05, 0.1) is 12.6 Å². The Labute approximate surface area is 267 Å². The van der Waals surface area contributed by atoms with E-state index in [1.54, 1.807) is 18.2 Å². The van der Waals surface area contributed by atoms with Crippen LogP contribution in [0.5, 0.6) is 5.75 Å². The maximum atomic E-state index is 14.0. The summed E-state index contributed by atoms with van der Waals surface area (Å²) in [5, 5.41) is 12.7. The highest BCUT2D eigenvalue weighted by atomic mass is 16.7. The average Bonchev–Trinajstić information content (AvgIpc) is 2.97. The Bertz CT molecular complexity index is 1570. The number of hydrogen-bond acceptors (Lipinski definition) is 4. The van der Waals surface area contributed by atoms with Gasteiger partial charge in [-0.1, -0.05) is 109 Å². The van der Waals surface area contributed by atoms with Gasteiger partial charge in [-0.3, -0.25) is 9.59 Å². The number of benzene rings is 4. The first kappa shape index (κ1) is 33.5. The maximum Gasteiger partial charge on any atom is 0.303 e. The van der Waals surface area contributed by atoms with E-state index in [-0.39, 0.29) is 24.8 Å². The number of carboxylic acid groups (broad SMARTS) is 1. The van der Waals surface area contributed by atoms with E-state index < -0.39 is 12.3 Å². The van der Waals surface area contributed by atoms with E-state index in [4.69, 9.17) is 9.47 Å². The van der Waals surface area contributed by atoms with Crippen molar-refractivity contribution in [1.29, 1.82) is 0 Å². The van der Waals surface area contributed by atoms with E-state index in [0.717, 1.165) is 45.4 Å². The predicted octanol–water partition coefficient (Wildman–Crippen LogP) is 8.75. The predicted molar refractivity (Wildman–Crippen MR) is 178 cm³/mol. The summed E-state index contributed by atoms with van der Waals surface area (Å²) in [6, 6.07) is 27.4. The minimum absolute atomic E-state index is 0.0847.